The van der Waals surface area contributed by atoms with Crippen LogP contribution in [0.4, 0.5) is 34.9 Å². The fraction of sp³-hybridized carbons (Fsp3) is 0.488. The van der Waals surface area contributed by atoms with E-state index in [1.807, 2.05) is 18.2 Å². The predicted octanol–water partition coefficient (Wildman–Crippen LogP) is 6.43. The molecule has 4 aliphatic rings. The molecule has 2 aromatic carbocycles. The topological polar surface area (TPSA) is 164 Å². The zero-order valence-corrected chi connectivity index (χ0v) is 34.7. The van der Waals surface area contributed by atoms with Gasteiger partial charge >= 0.3 is 6.18 Å². The Morgan fingerprint density at radius 2 is 1.69 bits per heavy atom. The second-order valence-corrected chi connectivity index (χ2v) is 18.2. The number of anilines is 3. The van der Waals surface area contributed by atoms with Gasteiger partial charge in [-0.2, -0.15) is 18.3 Å². The number of benzene rings is 2. The molecule has 4 fully saturated rings. The molecule has 326 valence electrons. The fourth-order valence-corrected chi connectivity index (χ4v) is 10.3. The number of piperazine rings is 1. The lowest BCUT2D eigenvalue weighted by molar-refractivity contribution is -0.137. The molecule has 3 N–H and O–H groups in total. The first kappa shape index (κ1) is 43.0. The Kier molecular flexibility index (Phi) is 12.7. The molecule has 3 saturated heterocycles. The van der Waals surface area contributed by atoms with E-state index in [9.17, 15) is 31.2 Å². The van der Waals surface area contributed by atoms with E-state index >= 15 is 4.39 Å². The lowest BCUT2D eigenvalue weighted by Gasteiger charge is -2.39. The molecule has 1 saturated carbocycles. The van der Waals surface area contributed by atoms with Crippen LogP contribution in [0.2, 0.25) is 5.02 Å². The molecule has 61 heavy (non-hydrogen) atoms. The van der Waals surface area contributed by atoms with Gasteiger partial charge < -0.3 is 15.0 Å². The number of nitrogens with zero attached hydrogens (tertiary/aromatic N) is 6. The van der Waals surface area contributed by atoms with Crippen LogP contribution < -0.4 is 20.3 Å². The first-order chi connectivity index (χ1) is 29.2. The molecule has 2 amide bonds. The van der Waals surface area contributed by atoms with Gasteiger partial charge in [-0.3, -0.25) is 24.5 Å². The van der Waals surface area contributed by atoms with E-state index < -0.39 is 39.2 Å². The van der Waals surface area contributed by atoms with Crippen LogP contribution in [-0.4, -0.2) is 96.9 Å². The van der Waals surface area contributed by atoms with Crippen molar-refractivity contribution in [2.45, 2.75) is 80.4 Å². The normalized spacial score (nSPS) is 22.3. The molecule has 0 bridgehead atoms. The number of hydrogen-bond donors (Lipinski definition) is 3. The van der Waals surface area contributed by atoms with Gasteiger partial charge in [0.2, 0.25) is 27.8 Å². The number of hydrogen-bond acceptors (Lipinski definition) is 11. The number of piperidine rings is 1. The fourth-order valence-electron chi connectivity index (χ4n) is 8.65. The number of rotatable bonds is 11. The highest BCUT2D eigenvalue weighted by Crippen LogP contribution is 2.38. The van der Waals surface area contributed by atoms with Crippen LogP contribution in [0, 0.1) is 11.7 Å². The number of sulfonamides is 1. The van der Waals surface area contributed by atoms with Crippen molar-refractivity contribution < 1.29 is 40.3 Å². The molecule has 0 spiro atoms. The van der Waals surface area contributed by atoms with Gasteiger partial charge in [-0.1, -0.05) is 17.7 Å². The Labute approximate surface area is 355 Å². The quantitative estimate of drug-likeness (QED) is 0.112. The lowest BCUT2D eigenvalue weighted by atomic mass is 9.86. The highest BCUT2D eigenvalue weighted by molar-refractivity contribution is 7.89. The third-order valence-electron chi connectivity index (χ3n) is 12.1. The summed E-state index contributed by atoms with van der Waals surface area (Å²) in [5, 5.41) is 9.77. The molecule has 4 aromatic rings. The molecule has 8 rings (SSSR count). The molecule has 2 aromatic heterocycles. The maximum Gasteiger partial charge on any atom is 0.419 e. The summed E-state index contributed by atoms with van der Waals surface area (Å²) in [6.45, 7) is 5.24. The third-order valence-corrected chi connectivity index (χ3v) is 13.9. The molecule has 5 heterocycles. The molecule has 20 heteroatoms. The van der Waals surface area contributed by atoms with Gasteiger partial charge in [0, 0.05) is 87.1 Å². The largest absolute Gasteiger partial charge is 0.419 e. The lowest BCUT2D eigenvalue weighted by Crippen LogP contribution is -2.48. The summed E-state index contributed by atoms with van der Waals surface area (Å²) >= 11 is 6.62. The minimum absolute atomic E-state index is 0.0291. The SMILES string of the molecule is O=C1CCC(c2ccc(N3CCN(CC4CCC(NS(=O)(=O)c5ccc(Nc6ncc(C(F)(F)F)c(-c7cnn(C8CCOCC8)c7)n6)c(F)c5)CC4)CC3)cc2Cl)C(=O)N1. The second kappa shape index (κ2) is 18.0. The van der Waals surface area contributed by atoms with E-state index in [4.69, 9.17) is 16.3 Å². The van der Waals surface area contributed by atoms with Crippen molar-refractivity contribution in [3.8, 4) is 11.3 Å². The number of amides is 2. The average molecular weight is 888 g/mol. The summed E-state index contributed by atoms with van der Waals surface area (Å²) in [5.41, 5.74) is 0.0985. The van der Waals surface area contributed by atoms with Gasteiger partial charge in [0.25, 0.3) is 0 Å². The van der Waals surface area contributed by atoms with E-state index in [0.29, 0.717) is 62.5 Å². The molecular formula is C41H46ClF4N9O5S. The van der Waals surface area contributed by atoms with E-state index in [2.05, 4.69) is 40.2 Å². The van der Waals surface area contributed by atoms with Crippen LogP contribution in [0.15, 0.2) is 59.9 Å². The Morgan fingerprint density at radius 3 is 2.38 bits per heavy atom. The number of nitrogens with one attached hydrogen (secondary N) is 3. The van der Waals surface area contributed by atoms with Gasteiger partial charge in [-0.15, -0.1) is 0 Å². The number of ether oxygens (including phenoxy) is 1. The molecule has 14 nitrogen and oxygen atoms in total. The van der Waals surface area contributed by atoms with Crippen molar-refractivity contribution in [3.63, 3.8) is 0 Å². The van der Waals surface area contributed by atoms with Crippen LogP contribution in [0.5, 0.6) is 0 Å². The maximum atomic E-state index is 15.4. The Bertz CT molecular complexity index is 2360. The molecule has 3 aliphatic heterocycles. The summed E-state index contributed by atoms with van der Waals surface area (Å²) in [6, 6.07) is 8.67. The van der Waals surface area contributed by atoms with Crippen LogP contribution in [-0.2, 0) is 30.5 Å². The number of imide groups is 1. The van der Waals surface area contributed by atoms with Crippen molar-refractivity contribution >= 4 is 50.8 Å². The summed E-state index contributed by atoms with van der Waals surface area (Å²) in [4.78, 5) is 36.2. The standard InChI is InChI=1S/C41H46ClF4N9O5S/c42-34-19-29(5-7-31(34)32-8-10-37(56)50-39(32)57)54-15-13-53(14-16-54)23-25-1-3-27(4-2-25)52-61(58,59)30-6-9-36(35(43)20-30)49-40-47-22-33(41(44,45)46)38(51-40)26-21-48-55(24-26)28-11-17-60-18-12-28/h5-7,9,19-22,24-25,27-28,32,52H,1-4,8,10-18,23H2,(H,47,49,51)(H,50,56,57). The smallest absolute Gasteiger partial charge is 0.381 e. The Morgan fingerprint density at radius 1 is 0.934 bits per heavy atom. The highest BCUT2D eigenvalue weighted by atomic mass is 35.5. The number of aromatic nitrogens is 4. The summed E-state index contributed by atoms with van der Waals surface area (Å²) in [5.74, 6) is -1.89. The molecule has 1 atom stereocenters. The minimum Gasteiger partial charge on any atom is -0.381 e. The van der Waals surface area contributed by atoms with Gasteiger partial charge in [-0.25, -0.2) is 27.5 Å². The predicted molar refractivity (Wildman–Crippen MR) is 218 cm³/mol. The summed E-state index contributed by atoms with van der Waals surface area (Å²) in [6.07, 6.45) is 3.61. The van der Waals surface area contributed by atoms with Gasteiger partial charge in [0.15, 0.2) is 0 Å². The number of carbonyl (C=O) groups is 2. The van der Waals surface area contributed by atoms with Gasteiger partial charge in [0.1, 0.15) is 11.4 Å². The van der Waals surface area contributed by atoms with Crippen LogP contribution >= 0.6 is 11.6 Å². The first-order valence-corrected chi connectivity index (χ1v) is 22.3. The zero-order valence-electron chi connectivity index (χ0n) is 33.1. The molecular weight excluding hydrogens is 842 g/mol. The van der Waals surface area contributed by atoms with Crippen LogP contribution in [0.1, 0.15) is 74.5 Å². The summed E-state index contributed by atoms with van der Waals surface area (Å²) < 4.78 is 93.9. The average Bonchev–Trinajstić information content (AvgIpc) is 3.73. The molecule has 0 radical (unpaired) electrons. The maximum absolute atomic E-state index is 15.4. The second-order valence-electron chi connectivity index (χ2n) is 16.1. The van der Waals surface area contributed by atoms with E-state index in [1.165, 1.54) is 24.5 Å². The van der Waals surface area contributed by atoms with Crippen LogP contribution in [0.25, 0.3) is 11.3 Å². The summed E-state index contributed by atoms with van der Waals surface area (Å²) in [7, 11) is -4.09. The van der Waals surface area contributed by atoms with E-state index in [-0.39, 0.29) is 52.4 Å². The molecule has 1 aliphatic carbocycles. The Hall–Kier alpha value is -4.69. The zero-order chi connectivity index (χ0) is 42.9. The number of alkyl halides is 3. The number of halogens is 5. The van der Waals surface area contributed by atoms with E-state index in [0.717, 1.165) is 62.9 Å². The van der Waals surface area contributed by atoms with Crippen molar-refractivity contribution in [1.82, 2.24) is 34.7 Å². The van der Waals surface area contributed by atoms with Crippen molar-refractivity contribution in [3.05, 3.63) is 77.0 Å². The van der Waals surface area contributed by atoms with Crippen molar-refractivity contribution in [2.75, 3.05) is 56.2 Å². The first-order valence-electron chi connectivity index (χ1n) is 20.5. The van der Waals surface area contributed by atoms with Crippen molar-refractivity contribution in [2.24, 2.45) is 5.92 Å². The highest BCUT2D eigenvalue weighted by Gasteiger charge is 2.37. The Balaban J connectivity index is 0.824. The third kappa shape index (κ3) is 10.0. The van der Waals surface area contributed by atoms with Gasteiger partial charge in [-0.05, 0) is 86.8 Å². The van der Waals surface area contributed by atoms with E-state index in [1.54, 1.807) is 4.68 Å². The number of carbonyl (C=O) groups excluding carboxylic acids is 2. The minimum atomic E-state index is -4.77. The van der Waals surface area contributed by atoms with Crippen LogP contribution in [0.3, 0.4) is 0 Å². The van der Waals surface area contributed by atoms with Gasteiger partial charge in [0.05, 0.1) is 34.4 Å². The molecule has 1 unspecified atom stereocenters. The van der Waals surface area contributed by atoms with Crippen molar-refractivity contribution in [1.29, 1.82) is 0 Å². The monoisotopic (exact) mass is 887 g/mol.